The maximum absolute atomic E-state index is 13.5. The lowest BCUT2D eigenvalue weighted by Crippen LogP contribution is -2.57. The molecule has 2 aromatic rings. The molecule has 9 heteroatoms. The Hall–Kier alpha value is -3.04. The summed E-state index contributed by atoms with van der Waals surface area (Å²) in [7, 11) is -0.682. The van der Waals surface area contributed by atoms with Crippen LogP contribution in [0.25, 0.3) is 10.8 Å². The zero-order valence-corrected chi connectivity index (χ0v) is 18.4. The minimum absolute atomic E-state index is 0.0679. The Bertz CT molecular complexity index is 1200. The van der Waals surface area contributed by atoms with E-state index in [0.29, 0.717) is 27.4 Å². The number of imide groups is 2. The molecule has 0 spiro atoms. The molecule has 2 aromatic carbocycles. The largest absolute Gasteiger partial charge is 0.494 e. The summed E-state index contributed by atoms with van der Waals surface area (Å²) in [6.45, 7) is 7.80. The molecule has 3 heterocycles. The molecule has 0 saturated carbocycles. The number of rotatable bonds is 2. The Morgan fingerprint density at radius 1 is 0.969 bits per heavy atom. The van der Waals surface area contributed by atoms with Crippen molar-refractivity contribution in [2.24, 2.45) is 0 Å². The first-order chi connectivity index (χ1) is 15.0. The molecule has 0 aliphatic carbocycles. The molecule has 1 atom stereocenters. The second-order valence-corrected chi connectivity index (χ2v) is 9.51. The van der Waals surface area contributed by atoms with Gasteiger partial charge in [-0.2, -0.15) is 0 Å². The fourth-order valence-electron chi connectivity index (χ4n) is 4.48. The van der Waals surface area contributed by atoms with Crippen LogP contribution in [0.1, 0.15) is 61.3 Å². The highest BCUT2D eigenvalue weighted by atomic mass is 16.7. The van der Waals surface area contributed by atoms with E-state index in [0.717, 1.165) is 4.90 Å². The van der Waals surface area contributed by atoms with Crippen molar-refractivity contribution in [2.75, 3.05) is 0 Å². The highest BCUT2D eigenvalue weighted by Gasteiger charge is 2.52. The number of hydrogen-bond acceptors (Lipinski definition) is 6. The second-order valence-electron chi connectivity index (χ2n) is 9.51. The van der Waals surface area contributed by atoms with Gasteiger partial charge in [0.1, 0.15) is 6.04 Å². The van der Waals surface area contributed by atoms with Crippen molar-refractivity contribution in [3.8, 4) is 0 Å². The van der Waals surface area contributed by atoms with E-state index in [-0.39, 0.29) is 12.8 Å². The van der Waals surface area contributed by atoms with Crippen LogP contribution in [0, 0.1) is 0 Å². The molecule has 0 aromatic heterocycles. The van der Waals surface area contributed by atoms with Gasteiger partial charge in [-0.25, -0.2) is 0 Å². The van der Waals surface area contributed by atoms with Crippen LogP contribution in [0.2, 0.25) is 0 Å². The van der Waals surface area contributed by atoms with E-state index in [1.807, 2.05) is 39.8 Å². The van der Waals surface area contributed by atoms with Crippen LogP contribution in [0.5, 0.6) is 0 Å². The summed E-state index contributed by atoms with van der Waals surface area (Å²) in [5.41, 5.74) is 0.220. The van der Waals surface area contributed by atoms with Crippen molar-refractivity contribution in [3.63, 3.8) is 0 Å². The predicted octanol–water partition coefficient (Wildman–Crippen LogP) is 1.54. The van der Waals surface area contributed by atoms with Crippen molar-refractivity contribution in [1.82, 2.24) is 10.2 Å². The first kappa shape index (κ1) is 20.8. The van der Waals surface area contributed by atoms with Crippen LogP contribution in [0.4, 0.5) is 0 Å². The van der Waals surface area contributed by atoms with Gasteiger partial charge in [-0.15, -0.1) is 0 Å². The molecular weight excluding hydrogens is 411 g/mol. The zero-order chi connectivity index (χ0) is 23.0. The number of nitrogens with one attached hydrogen (secondary N) is 1. The molecule has 5 rings (SSSR count). The maximum Gasteiger partial charge on any atom is 0.494 e. The van der Waals surface area contributed by atoms with Crippen LogP contribution < -0.4 is 10.8 Å². The Morgan fingerprint density at radius 2 is 1.62 bits per heavy atom. The number of hydrogen-bond donors (Lipinski definition) is 1. The Balaban J connectivity index is 1.62. The van der Waals surface area contributed by atoms with Gasteiger partial charge in [0.05, 0.1) is 11.2 Å². The highest BCUT2D eigenvalue weighted by Crippen LogP contribution is 2.38. The van der Waals surface area contributed by atoms with E-state index in [9.17, 15) is 19.2 Å². The van der Waals surface area contributed by atoms with Gasteiger partial charge in [0.15, 0.2) is 0 Å². The maximum atomic E-state index is 13.5. The average Bonchev–Trinajstić information content (AvgIpc) is 2.94. The minimum atomic E-state index is -1.03. The summed E-state index contributed by atoms with van der Waals surface area (Å²) in [5.74, 6) is -2.15. The molecule has 1 unspecified atom stereocenters. The summed E-state index contributed by atoms with van der Waals surface area (Å²) < 4.78 is 12.3. The number of benzene rings is 2. The predicted molar refractivity (Wildman–Crippen MR) is 116 cm³/mol. The van der Waals surface area contributed by atoms with E-state index in [1.54, 1.807) is 18.2 Å². The van der Waals surface area contributed by atoms with Gasteiger partial charge >= 0.3 is 7.12 Å². The molecule has 164 valence electrons. The van der Waals surface area contributed by atoms with Gasteiger partial charge < -0.3 is 9.31 Å². The van der Waals surface area contributed by atoms with E-state index in [4.69, 9.17) is 9.31 Å². The first-order valence-corrected chi connectivity index (χ1v) is 10.6. The molecule has 0 radical (unpaired) electrons. The van der Waals surface area contributed by atoms with Crippen LogP contribution in [-0.2, 0) is 18.9 Å². The van der Waals surface area contributed by atoms with E-state index < -0.39 is 48.0 Å². The molecule has 2 saturated heterocycles. The lowest BCUT2D eigenvalue weighted by molar-refractivity contribution is -0.136. The molecule has 2 fully saturated rings. The average molecular weight is 434 g/mol. The number of nitrogens with zero attached hydrogens (tertiary/aromatic N) is 1. The number of carbonyl (C=O) groups is 4. The van der Waals surface area contributed by atoms with Crippen molar-refractivity contribution in [1.29, 1.82) is 0 Å². The number of amides is 4. The van der Waals surface area contributed by atoms with Crippen molar-refractivity contribution in [2.45, 2.75) is 57.8 Å². The lowest BCUT2D eigenvalue weighted by atomic mass is 9.76. The van der Waals surface area contributed by atoms with Crippen molar-refractivity contribution >= 4 is 47.0 Å². The molecule has 8 nitrogen and oxygen atoms in total. The fourth-order valence-corrected chi connectivity index (χ4v) is 4.48. The SMILES string of the molecule is CC1(C)OB(c2cc3c4c(cccc4c2)C(=O)N(C2CCC(=O)NC2=O)C3=O)OC1(C)C. The standard InChI is InChI=1S/C23H23BN2O6/c1-22(2)23(3,4)32-24(31-22)13-10-12-6-5-7-14-18(12)15(11-13)21(30)26(20(14)29)16-8-9-17(27)25-19(16)28/h5-7,10-11,16H,8-9H2,1-4H3,(H,25,27,28). The third-order valence-corrected chi connectivity index (χ3v) is 6.94. The van der Waals surface area contributed by atoms with Crippen LogP contribution in [-0.4, -0.2) is 52.9 Å². The van der Waals surface area contributed by atoms with E-state index in [2.05, 4.69) is 5.32 Å². The van der Waals surface area contributed by atoms with E-state index in [1.165, 1.54) is 0 Å². The normalized spacial score (nSPS) is 24.3. The van der Waals surface area contributed by atoms with Gasteiger partial charge in [0.2, 0.25) is 11.8 Å². The van der Waals surface area contributed by atoms with Crippen molar-refractivity contribution < 1.29 is 28.5 Å². The van der Waals surface area contributed by atoms with Crippen LogP contribution in [0.3, 0.4) is 0 Å². The molecule has 0 bridgehead atoms. The highest BCUT2D eigenvalue weighted by molar-refractivity contribution is 6.62. The fraction of sp³-hybridized carbons (Fsp3) is 0.391. The molecule has 1 N–H and O–H groups in total. The summed E-state index contributed by atoms with van der Waals surface area (Å²) in [6, 6.07) is 7.74. The lowest BCUT2D eigenvalue weighted by Gasteiger charge is -2.34. The van der Waals surface area contributed by atoms with Crippen molar-refractivity contribution in [3.05, 3.63) is 41.5 Å². The van der Waals surface area contributed by atoms with Gasteiger partial charge in [-0.1, -0.05) is 18.2 Å². The number of carbonyl (C=O) groups excluding carboxylic acids is 4. The molecule has 4 amide bonds. The quantitative estimate of drug-likeness (QED) is 0.569. The minimum Gasteiger partial charge on any atom is -0.399 e. The summed E-state index contributed by atoms with van der Waals surface area (Å²) in [6.07, 6.45) is 0.170. The first-order valence-electron chi connectivity index (χ1n) is 10.6. The molecule has 3 aliphatic rings. The van der Waals surface area contributed by atoms with Gasteiger partial charge in [-0.05, 0) is 57.1 Å². The van der Waals surface area contributed by atoms with Crippen LogP contribution in [0.15, 0.2) is 30.3 Å². The smallest absolute Gasteiger partial charge is 0.399 e. The molecular formula is C23H23BN2O6. The van der Waals surface area contributed by atoms with E-state index >= 15 is 0 Å². The summed E-state index contributed by atoms with van der Waals surface area (Å²) in [5, 5.41) is 3.49. The van der Waals surface area contributed by atoms with Gasteiger partial charge in [0.25, 0.3) is 11.8 Å². The second kappa shape index (κ2) is 6.73. The Labute approximate surface area is 185 Å². The Kier molecular flexibility index (Phi) is 4.38. The zero-order valence-electron chi connectivity index (χ0n) is 18.4. The van der Waals surface area contributed by atoms with Gasteiger partial charge in [0, 0.05) is 22.9 Å². The Morgan fingerprint density at radius 3 is 2.28 bits per heavy atom. The monoisotopic (exact) mass is 434 g/mol. The third-order valence-electron chi connectivity index (χ3n) is 6.94. The van der Waals surface area contributed by atoms with Crippen LogP contribution >= 0.6 is 0 Å². The third kappa shape index (κ3) is 2.92. The summed E-state index contributed by atoms with van der Waals surface area (Å²) in [4.78, 5) is 51.8. The summed E-state index contributed by atoms with van der Waals surface area (Å²) >= 11 is 0. The molecule has 32 heavy (non-hydrogen) atoms. The number of piperidine rings is 1. The van der Waals surface area contributed by atoms with Gasteiger partial charge in [-0.3, -0.25) is 29.4 Å². The molecule has 3 aliphatic heterocycles. The topological polar surface area (TPSA) is 102 Å².